The molecule has 1 aromatic carbocycles. The van der Waals surface area contributed by atoms with E-state index in [9.17, 15) is 4.79 Å². The van der Waals surface area contributed by atoms with Crippen molar-refractivity contribution in [2.45, 2.75) is 32.2 Å². The molecule has 4 rings (SSSR count). The lowest BCUT2D eigenvalue weighted by Gasteiger charge is -2.30. The molecule has 7 nitrogen and oxygen atoms in total. The summed E-state index contributed by atoms with van der Waals surface area (Å²) in [6, 6.07) is 3.62. The van der Waals surface area contributed by atoms with Gasteiger partial charge in [0.2, 0.25) is 0 Å². The molecule has 1 amide bonds. The fourth-order valence-electron chi connectivity index (χ4n) is 4.07. The molecule has 0 fully saturated rings. The molecule has 1 aliphatic rings. The Kier molecular flexibility index (Phi) is 5.12. The van der Waals surface area contributed by atoms with E-state index >= 15 is 0 Å². The molecule has 0 aliphatic heterocycles. The first-order valence-corrected chi connectivity index (χ1v) is 10.3. The van der Waals surface area contributed by atoms with Crippen LogP contribution in [0.4, 0.5) is 0 Å². The van der Waals surface area contributed by atoms with E-state index in [4.69, 9.17) is 14.2 Å². The highest BCUT2D eigenvalue weighted by Crippen LogP contribution is 2.42. The van der Waals surface area contributed by atoms with Crippen LogP contribution in [-0.2, 0) is 6.42 Å². The maximum Gasteiger partial charge on any atom is 0.270 e. The Bertz CT molecular complexity index is 1070. The Labute approximate surface area is 173 Å². The first-order valence-electron chi connectivity index (χ1n) is 9.53. The lowest BCUT2D eigenvalue weighted by Crippen LogP contribution is -2.33. The molecular weight excluding hydrogens is 390 g/mol. The van der Waals surface area contributed by atoms with Crippen molar-refractivity contribution in [3.63, 3.8) is 0 Å². The van der Waals surface area contributed by atoms with Crippen molar-refractivity contribution in [1.29, 1.82) is 0 Å². The SMILES string of the molecule is COc1cc(OC)c2cc(C(=O)N(C)[C@@H]3CCCc4nc(C)sc43)[nH]c2c1OC. The number of aromatic nitrogens is 2. The zero-order valence-corrected chi connectivity index (χ0v) is 18.1. The van der Waals surface area contributed by atoms with E-state index in [0.29, 0.717) is 28.5 Å². The van der Waals surface area contributed by atoms with Crippen molar-refractivity contribution in [3.05, 3.63) is 33.4 Å². The molecule has 0 saturated heterocycles. The van der Waals surface area contributed by atoms with E-state index in [1.807, 2.05) is 24.9 Å². The van der Waals surface area contributed by atoms with Crippen LogP contribution in [0.15, 0.2) is 12.1 Å². The molecule has 1 atom stereocenters. The second-order valence-electron chi connectivity index (χ2n) is 7.15. The van der Waals surface area contributed by atoms with Gasteiger partial charge >= 0.3 is 0 Å². The summed E-state index contributed by atoms with van der Waals surface area (Å²) in [6.45, 7) is 2.02. The number of ether oxygens (including phenoxy) is 3. The number of aryl methyl sites for hydroxylation is 2. The molecule has 2 heterocycles. The molecular formula is C21H25N3O4S. The Balaban J connectivity index is 1.74. The quantitative estimate of drug-likeness (QED) is 0.679. The number of aromatic amines is 1. The van der Waals surface area contributed by atoms with Crippen LogP contribution in [0.5, 0.6) is 17.2 Å². The van der Waals surface area contributed by atoms with E-state index in [1.54, 1.807) is 38.7 Å². The highest BCUT2D eigenvalue weighted by Gasteiger charge is 2.31. The number of hydrogen-bond donors (Lipinski definition) is 1. The highest BCUT2D eigenvalue weighted by molar-refractivity contribution is 7.11. The third-order valence-electron chi connectivity index (χ3n) is 5.49. The number of fused-ring (bicyclic) bond motifs is 2. The number of thiazole rings is 1. The van der Waals surface area contributed by atoms with E-state index in [0.717, 1.165) is 35.4 Å². The number of hydrogen-bond acceptors (Lipinski definition) is 6. The van der Waals surface area contributed by atoms with Crippen LogP contribution >= 0.6 is 11.3 Å². The minimum atomic E-state index is -0.0758. The van der Waals surface area contributed by atoms with Gasteiger partial charge in [0.1, 0.15) is 11.4 Å². The van der Waals surface area contributed by atoms with Crippen molar-refractivity contribution >= 4 is 28.1 Å². The molecule has 0 bridgehead atoms. The second-order valence-corrected chi connectivity index (χ2v) is 8.39. The number of nitrogens with zero attached hydrogens (tertiary/aromatic N) is 2. The lowest BCUT2D eigenvalue weighted by molar-refractivity contribution is 0.0713. The van der Waals surface area contributed by atoms with E-state index in [-0.39, 0.29) is 11.9 Å². The van der Waals surface area contributed by atoms with Gasteiger partial charge in [0.15, 0.2) is 11.5 Å². The first kappa shape index (κ1) is 19.6. The molecule has 0 spiro atoms. The summed E-state index contributed by atoms with van der Waals surface area (Å²) in [5.74, 6) is 1.63. The number of carbonyl (C=O) groups excluding carboxylic acids is 1. The number of benzene rings is 1. The number of rotatable bonds is 5. The van der Waals surface area contributed by atoms with Crippen LogP contribution in [0.2, 0.25) is 0 Å². The summed E-state index contributed by atoms with van der Waals surface area (Å²) in [7, 11) is 6.60. The smallest absolute Gasteiger partial charge is 0.270 e. The molecule has 0 saturated carbocycles. The maximum absolute atomic E-state index is 13.3. The van der Waals surface area contributed by atoms with Gasteiger partial charge in [0, 0.05) is 18.5 Å². The molecule has 154 valence electrons. The number of methoxy groups -OCH3 is 3. The Morgan fingerprint density at radius 2 is 1.97 bits per heavy atom. The average Bonchev–Trinajstić information content (AvgIpc) is 3.34. The lowest BCUT2D eigenvalue weighted by atomic mass is 9.97. The predicted molar refractivity (Wildman–Crippen MR) is 113 cm³/mol. The van der Waals surface area contributed by atoms with Gasteiger partial charge in [-0.1, -0.05) is 0 Å². The topological polar surface area (TPSA) is 76.7 Å². The molecule has 3 aromatic rings. The molecule has 1 N–H and O–H groups in total. The van der Waals surface area contributed by atoms with Crippen molar-refractivity contribution in [2.75, 3.05) is 28.4 Å². The zero-order valence-electron chi connectivity index (χ0n) is 17.3. The summed E-state index contributed by atoms with van der Waals surface area (Å²) in [5, 5.41) is 1.83. The van der Waals surface area contributed by atoms with Crippen LogP contribution < -0.4 is 14.2 Å². The van der Waals surface area contributed by atoms with Crippen LogP contribution in [0.25, 0.3) is 10.9 Å². The van der Waals surface area contributed by atoms with E-state index in [2.05, 4.69) is 9.97 Å². The molecule has 8 heteroatoms. The van der Waals surface area contributed by atoms with Crippen molar-refractivity contribution in [2.24, 2.45) is 0 Å². The van der Waals surface area contributed by atoms with Gasteiger partial charge in [0.05, 0.1) is 48.5 Å². The molecule has 0 unspecified atom stereocenters. The van der Waals surface area contributed by atoms with Crippen molar-refractivity contribution in [1.82, 2.24) is 14.9 Å². The van der Waals surface area contributed by atoms with Gasteiger partial charge in [0.25, 0.3) is 5.91 Å². The zero-order chi connectivity index (χ0) is 20.7. The normalized spacial score (nSPS) is 15.8. The number of amides is 1. The fraction of sp³-hybridized carbons (Fsp3) is 0.429. The third kappa shape index (κ3) is 3.21. The minimum Gasteiger partial charge on any atom is -0.496 e. The molecule has 29 heavy (non-hydrogen) atoms. The van der Waals surface area contributed by atoms with Crippen molar-refractivity contribution < 1.29 is 19.0 Å². The van der Waals surface area contributed by atoms with Crippen LogP contribution in [0.1, 0.15) is 45.0 Å². The molecule has 0 radical (unpaired) electrons. The summed E-state index contributed by atoms with van der Waals surface area (Å²) >= 11 is 1.69. The summed E-state index contributed by atoms with van der Waals surface area (Å²) in [5.41, 5.74) is 2.30. The predicted octanol–water partition coefficient (Wildman–Crippen LogP) is 4.11. The minimum absolute atomic E-state index is 0.0437. The maximum atomic E-state index is 13.3. The van der Waals surface area contributed by atoms with Gasteiger partial charge in [-0.3, -0.25) is 4.79 Å². The molecule has 1 aliphatic carbocycles. The summed E-state index contributed by atoms with van der Waals surface area (Å²) in [4.78, 5) is 24.2. The van der Waals surface area contributed by atoms with Crippen LogP contribution in [0.3, 0.4) is 0 Å². The van der Waals surface area contributed by atoms with Gasteiger partial charge in [-0.05, 0) is 32.3 Å². The highest BCUT2D eigenvalue weighted by atomic mass is 32.1. The molecule has 2 aromatic heterocycles. The van der Waals surface area contributed by atoms with Crippen molar-refractivity contribution in [3.8, 4) is 17.2 Å². The number of nitrogens with one attached hydrogen (secondary N) is 1. The summed E-state index contributed by atoms with van der Waals surface area (Å²) < 4.78 is 16.4. The standard InChI is InChI=1S/C21H25N3O4S/c1-11-22-13-7-6-8-15(20(13)29-11)24(2)21(25)14-9-12-16(26-3)10-17(27-4)19(28-5)18(12)23-14/h9-10,15,23H,6-8H2,1-5H3/t15-/m1/s1. The number of H-pyrrole nitrogens is 1. The van der Waals surface area contributed by atoms with E-state index in [1.165, 1.54) is 4.88 Å². The number of carbonyl (C=O) groups is 1. The van der Waals surface area contributed by atoms with Gasteiger partial charge in [-0.25, -0.2) is 4.98 Å². The Morgan fingerprint density at radius 1 is 1.21 bits per heavy atom. The van der Waals surface area contributed by atoms with Gasteiger partial charge < -0.3 is 24.1 Å². The fourth-order valence-corrected chi connectivity index (χ4v) is 5.22. The second kappa shape index (κ2) is 7.59. The van der Waals surface area contributed by atoms with Crippen LogP contribution in [-0.4, -0.2) is 49.2 Å². The van der Waals surface area contributed by atoms with Gasteiger partial charge in [-0.15, -0.1) is 11.3 Å². The largest absolute Gasteiger partial charge is 0.496 e. The van der Waals surface area contributed by atoms with E-state index < -0.39 is 0 Å². The first-order chi connectivity index (χ1) is 14.0. The Morgan fingerprint density at radius 3 is 2.66 bits per heavy atom. The van der Waals surface area contributed by atoms with Crippen LogP contribution in [0, 0.1) is 6.92 Å². The summed E-state index contributed by atoms with van der Waals surface area (Å²) in [6.07, 6.45) is 2.96. The average molecular weight is 416 g/mol. The monoisotopic (exact) mass is 415 g/mol. The Hall–Kier alpha value is -2.74. The third-order valence-corrected chi connectivity index (χ3v) is 6.60. The van der Waals surface area contributed by atoms with Gasteiger partial charge in [-0.2, -0.15) is 0 Å².